The first-order valence-corrected chi connectivity index (χ1v) is 7.28. The molecular formula is C13H22N2OS. The standard InChI is InChI=1S/C13H22N2OS/c1-9(14)12-11(8-16-2)15-13(17-12)10-6-4-3-5-7-10/h9-10H,3-8,14H2,1-2H3. The van der Waals surface area contributed by atoms with Gasteiger partial charge in [-0.1, -0.05) is 19.3 Å². The van der Waals surface area contributed by atoms with E-state index in [1.807, 2.05) is 6.92 Å². The molecule has 3 nitrogen and oxygen atoms in total. The third-order valence-electron chi connectivity index (χ3n) is 3.39. The first-order chi connectivity index (χ1) is 8.22. The predicted octanol–water partition coefficient (Wildman–Crippen LogP) is 3.36. The Labute approximate surface area is 107 Å². The molecule has 4 heteroatoms. The minimum atomic E-state index is 0.0648. The molecule has 1 aromatic heterocycles. The van der Waals surface area contributed by atoms with E-state index in [1.54, 1.807) is 18.4 Å². The molecule has 0 bridgehead atoms. The van der Waals surface area contributed by atoms with Gasteiger partial charge in [-0.25, -0.2) is 4.98 Å². The first kappa shape index (κ1) is 13.0. The Balaban J connectivity index is 2.19. The van der Waals surface area contributed by atoms with Gasteiger partial charge in [0.15, 0.2) is 0 Å². The predicted molar refractivity (Wildman–Crippen MR) is 71.3 cm³/mol. The molecule has 1 fully saturated rings. The SMILES string of the molecule is COCc1nc(C2CCCCC2)sc1C(C)N. The Morgan fingerprint density at radius 2 is 2.12 bits per heavy atom. The highest BCUT2D eigenvalue weighted by atomic mass is 32.1. The summed E-state index contributed by atoms with van der Waals surface area (Å²) in [6.45, 7) is 2.61. The van der Waals surface area contributed by atoms with Gasteiger partial charge >= 0.3 is 0 Å². The average Bonchev–Trinajstić information content (AvgIpc) is 2.75. The summed E-state index contributed by atoms with van der Waals surface area (Å²) in [7, 11) is 1.71. The number of rotatable bonds is 4. The fourth-order valence-electron chi connectivity index (χ4n) is 2.50. The van der Waals surface area contributed by atoms with Crippen molar-refractivity contribution < 1.29 is 4.74 Å². The fourth-order valence-corrected chi connectivity index (χ4v) is 3.69. The summed E-state index contributed by atoms with van der Waals surface area (Å²) in [5, 5.41) is 1.28. The van der Waals surface area contributed by atoms with Crippen molar-refractivity contribution in [1.29, 1.82) is 0 Å². The van der Waals surface area contributed by atoms with Crippen LogP contribution in [-0.4, -0.2) is 12.1 Å². The smallest absolute Gasteiger partial charge is 0.0963 e. The summed E-state index contributed by atoms with van der Waals surface area (Å²) in [5.41, 5.74) is 7.05. The van der Waals surface area contributed by atoms with Gasteiger partial charge in [-0.2, -0.15) is 0 Å². The molecule has 17 heavy (non-hydrogen) atoms. The topological polar surface area (TPSA) is 48.1 Å². The van der Waals surface area contributed by atoms with E-state index in [2.05, 4.69) is 0 Å². The molecule has 0 radical (unpaired) electrons. The van der Waals surface area contributed by atoms with E-state index < -0.39 is 0 Å². The lowest BCUT2D eigenvalue weighted by atomic mass is 9.90. The second kappa shape index (κ2) is 5.94. The van der Waals surface area contributed by atoms with Crippen LogP contribution < -0.4 is 5.73 Å². The highest BCUT2D eigenvalue weighted by Crippen LogP contribution is 2.37. The van der Waals surface area contributed by atoms with Gasteiger partial charge in [-0.15, -0.1) is 11.3 Å². The fraction of sp³-hybridized carbons (Fsp3) is 0.769. The van der Waals surface area contributed by atoms with E-state index in [-0.39, 0.29) is 6.04 Å². The molecule has 0 spiro atoms. The van der Waals surface area contributed by atoms with Gasteiger partial charge in [0.2, 0.25) is 0 Å². The summed E-state index contributed by atoms with van der Waals surface area (Å²) in [6.07, 6.45) is 6.65. The molecular weight excluding hydrogens is 232 g/mol. The van der Waals surface area contributed by atoms with E-state index in [0.29, 0.717) is 12.5 Å². The molecule has 0 aliphatic heterocycles. The Morgan fingerprint density at radius 3 is 2.71 bits per heavy atom. The molecule has 1 unspecified atom stereocenters. The maximum atomic E-state index is 6.00. The van der Waals surface area contributed by atoms with Crippen molar-refractivity contribution in [3.8, 4) is 0 Å². The van der Waals surface area contributed by atoms with E-state index in [9.17, 15) is 0 Å². The lowest BCUT2D eigenvalue weighted by Gasteiger charge is -2.18. The molecule has 1 aliphatic rings. The summed E-state index contributed by atoms with van der Waals surface area (Å²) >= 11 is 1.80. The van der Waals surface area contributed by atoms with Crippen molar-refractivity contribution in [2.45, 2.75) is 57.6 Å². The highest BCUT2D eigenvalue weighted by molar-refractivity contribution is 7.11. The largest absolute Gasteiger partial charge is 0.378 e. The van der Waals surface area contributed by atoms with Crippen molar-refractivity contribution >= 4 is 11.3 Å². The van der Waals surface area contributed by atoms with Gasteiger partial charge in [-0.05, 0) is 19.8 Å². The van der Waals surface area contributed by atoms with Crippen LogP contribution >= 0.6 is 11.3 Å². The highest BCUT2D eigenvalue weighted by Gasteiger charge is 2.22. The Kier molecular flexibility index (Phi) is 4.54. The zero-order valence-electron chi connectivity index (χ0n) is 10.7. The van der Waals surface area contributed by atoms with Gasteiger partial charge in [0, 0.05) is 23.9 Å². The van der Waals surface area contributed by atoms with E-state index in [4.69, 9.17) is 15.5 Å². The summed E-state index contributed by atoms with van der Waals surface area (Å²) < 4.78 is 5.21. The quantitative estimate of drug-likeness (QED) is 0.896. The third-order valence-corrected chi connectivity index (χ3v) is 4.85. The van der Waals surface area contributed by atoms with Gasteiger partial charge in [0.1, 0.15) is 0 Å². The van der Waals surface area contributed by atoms with Gasteiger partial charge in [-0.3, -0.25) is 0 Å². The molecule has 0 saturated heterocycles. The van der Waals surface area contributed by atoms with Gasteiger partial charge in [0.25, 0.3) is 0 Å². The van der Waals surface area contributed by atoms with Gasteiger partial charge < -0.3 is 10.5 Å². The minimum absolute atomic E-state index is 0.0648. The van der Waals surface area contributed by atoms with Crippen LogP contribution in [0, 0.1) is 0 Å². The Hall–Kier alpha value is -0.450. The van der Waals surface area contributed by atoms with Gasteiger partial charge in [0.05, 0.1) is 17.3 Å². The molecule has 2 rings (SSSR count). The number of hydrogen-bond acceptors (Lipinski definition) is 4. The van der Waals surface area contributed by atoms with E-state index in [0.717, 1.165) is 5.69 Å². The molecule has 2 N–H and O–H groups in total. The average molecular weight is 254 g/mol. The van der Waals surface area contributed by atoms with Crippen LogP contribution in [0.25, 0.3) is 0 Å². The van der Waals surface area contributed by atoms with E-state index in [1.165, 1.54) is 42.0 Å². The number of ether oxygens (including phenoxy) is 1. The normalized spacial score (nSPS) is 19.5. The van der Waals surface area contributed by atoms with Crippen LogP contribution in [-0.2, 0) is 11.3 Å². The van der Waals surface area contributed by atoms with Crippen molar-refractivity contribution in [3.05, 3.63) is 15.6 Å². The van der Waals surface area contributed by atoms with E-state index >= 15 is 0 Å². The number of nitrogens with two attached hydrogens (primary N) is 1. The minimum Gasteiger partial charge on any atom is -0.378 e. The number of hydrogen-bond donors (Lipinski definition) is 1. The zero-order chi connectivity index (χ0) is 12.3. The van der Waals surface area contributed by atoms with Crippen LogP contribution in [0.2, 0.25) is 0 Å². The monoisotopic (exact) mass is 254 g/mol. The lowest BCUT2D eigenvalue weighted by molar-refractivity contribution is 0.180. The number of nitrogens with zero attached hydrogens (tertiary/aromatic N) is 1. The van der Waals surface area contributed by atoms with Crippen LogP contribution in [0.1, 0.15) is 66.6 Å². The Bertz CT molecular complexity index is 356. The molecule has 0 aromatic carbocycles. The molecule has 1 aromatic rings. The lowest BCUT2D eigenvalue weighted by Crippen LogP contribution is -2.06. The van der Waals surface area contributed by atoms with Crippen LogP contribution in [0.4, 0.5) is 0 Å². The molecule has 1 aliphatic carbocycles. The first-order valence-electron chi connectivity index (χ1n) is 6.46. The molecule has 1 atom stereocenters. The Morgan fingerprint density at radius 1 is 1.41 bits per heavy atom. The summed E-state index contributed by atoms with van der Waals surface area (Å²) in [5.74, 6) is 0.664. The second-order valence-electron chi connectivity index (χ2n) is 4.92. The molecule has 96 valence electrons. The maximum absolute atomic E-state index is 6.00. The molecule has 1 saturated carbocycles. The number of methoxy groups -OCH3 is 1. The zero-order valence-corrected chi connectivity index (χ0v) is 11.6. The third kappa shape index (κ3) is 3.06. The van der Waals surface area contributed by atoms with Crippen LogP contribution in [0.15, 0.2) is 0 Å². The molecule has 1 heterocycles. The summed E-state index contributed by atoms with van der Waals surface area (Å²) in [4.78, 5) is 5.96. The van der Waals surface area contributed by atoms with Crippen molar-refractivity contribution in [2.75, 3.05) is 7.11 Å². The van der Waals surface area contributed by atoms with Crippen molar-refractivity contribution in [1.82, 2.24) is 4.98 Å². The van der Waals surface area contributed by atoms with Crippen LogP contribution in [0.3, 0.4) is 0 Å². The molecule has 0 amide bonds. The maximum Gasteiger partial charge on any atom is 0.0963 e. The second-order valence-corrected chi connectivity index (χ2v) is 5.98. The number of thiazole rings is 1. The van der Waals surface area contributed by atoms with Crippen molar-refractivity contribution in [2.24, 2.45) is 5.73 Å². The number of aromatic nitrogens is 1. The summed E-state index contributed by atoms with van der Waals surface area (Å²) in [6, 6.07) is 0.0648. The van der Waals surface area contributed by atoms with Crippen molar-refractivity contribution in [3.63, 3.8) is 0 Å². The van der Waals surface area contributed by atoms with Crippen LogP contribution in [0.5, 0.6) is 0 Å².